The number of aryl methyl sites for hydroxylation is 1. The number of hydrogen-bond donors (Lipinski definition) is 2. The number of unbranched alkanes of at least 4 members (excludes halogenated alkanes) is 5. The molecular weight excluding hydrogens is 524 g/mol. The number of aromatic hydroxyl groups is 2. The first kappa shape index (κ1) is 29.5. The van der Waals surface area contributed by atoms with Crippen molar-refractivity contribution in [3.05, 3.63) is 77.4 Å². The molecule has 0 saturated heterocycles. The van der Waals surface area contributed by atoms with Crippen molar-refractivity contribution in [1.82, 2.24) is 0 Å². The van der Waals surface area contributed by atoms with Gasteiger partial charge < -0.3 is 14.9 Å². The van der Waals surface area contributed by atoms with Gasteiger partial charge >= 0.3 is 0 Å². The molecule has 0 unspecified atom stereocenters. The third-order valence-electron chi connectivity index (χ3n) is 6.21. The van der Waals surface area contributed by atoms with Crippen LogP contribution in [-0.4, -0.2) is 33.7 Å². The number of phenols is 2. The number of benzene rings is 3. The smallest absolute Gasteiger partial charge is 0.182 e. The minimum absolute atomic E-state index is 0.0378. The summed E-state index contributed by atoms with van der Waals surface area (Å²) in [5, 5.41) is 19.1. The Labute approximate surface area is 226 Å². The van der Waals surface area contributed by atoms with Crippen molar-refractivity contribution in [2.45, 2.75) is 73.7 Å². The minimum Gasteiger partial charge on any atom is -0.508 e. The summed E-state index contributed by atoms with van der Waals surface area (Å²) in [5.41, 5.74) is 1.49. The zero-order valence-electron chi connectivity index (χ0n) is 21.9. The molecule has 2 N–H and O–H groups in total. The molecule has 0 atom stereocenters. The van der Waals surface area contributed by atoms with Crippen molar-refractivity contribution in [3.8, 4) is 17.2 Å². The van der Waals surface area contributed by atoms with Gasteiger partial charge in [-0.1, -0.05) is 56.7 Å². The first-order valence-corrected chi connectivity index (χ1v) is 16.1. The van der Waals surface area contributed by atoms with Gasteiger partial charge in [0.1, 0.15) is 17.2 Å². The predicted molar refractivity (Wildman–Crippen MR) is 148 cm³/mol. The summed E-state index contributed by atoms with van der Waals surface area (Å²) in [6, 6.07) is 14.0. The second-order valence-electron chi connectivity index (χ2n) is 9.53. The van der Waals surface area contributed by atoms with Crippen LogP contribution in [0.1, 0.15) is 62.1 Å². The summed E-state index contributed by atoms with van der Waals surface area (Å²) in [6.45, 7) is 4.28. The molecule has 0 saturated carbocycles. The first-order valence-electron chi connectivity index (χ1n) is 12.8. The molecule has 206 valence electrons. The molecule has 0 amide bonds. The van der Waals surface area contributed by atoms with Crippen LogP contribution in [-0.2, 0) is 31.2 Å². The summed E-state index contributed by atoms with van der Waals surface area (Å²) >= 11 is 0. The summed E-state index contributed by atoms with van der Waals surface area (Å²) < 4.78 is 59.0. The van der Waals surface area contributed by atoms with E-state index in [1.807, 2.05) is 0 Å². The van der Waals surface area contributed by atoms with Gasteiger partial charge in [-0.15, -0.1) is 0 Å². The second-order valence-corrected chi connectivity index (χ2v) is 13.5. The van der Waals surface area contributed by atoms with E-state index in [1.54, 1.807) is 19.1 Å². The van der Waals surface area contributed by atoms with E-state index in [9.17, 15) is 27.0 Å². The summed E-state index contributed by atoms with van der Waals surface area (Å²) in [5.74, 6) is -0.558. The Bertz CT molecular complexity index is 1310. The van der Waals surface area contributed by atoms with Crippen molar-refractivity contribution in [2.24, 2.45) is 0 Å². The quantitative estimate of drug-likeness (QED) is 0.229. The molecule has 0 aliphatic heterocycles. The molecule has 0 aromatic heterocycles. The molecule has 0 fully saturated rings. The highest BCUT2D eigenvalue weighted by Crippen LogP contribution is 2.33. The molecular formula is C29H36O7S2. The van der Waals surface area contributed by atoms with Crippen LogP contribution in [0.2, 0.25) is 0 Å². The lowest BCUT2D eigenvalue weighted by Crippen LogP contribution is -2.12. The lowest BCUT2D eigenvalue weighted by atomic mass is 10.1. The summed E-state index contributed by atoms with van der Waals surface area (Å²) in [4.78, 5) is 0.105. The van der Waals surface area contributed by atoms with E-state index in [1.165, 1.54) is 55.0 Å². The van der Waals surface area contributed by atoms with Gasteiger partial charge in [-0.05, 0) is 61.9 Å². The van der Waals surface area contributed by atoms with E-state index < -0.39 is 19.7 Å². The normalized spacial score (nSPS) is 11.9. The molecule has 0 aliphatic carbocycles. The number of hydrogen-bond acceptors (Lipinski definition) is 7. The van der Waals surface area contributed by atoms with Gasteiger partial charge in [0.2, 0.25) is 0 Å². The van der Waals surface area contributed by atoms with Crippen LogP contribution in [0, 0.1) is 6.92 Å². The van der Waals surface area contributed by atoms with Gasteiger partial charge in [0, 0.05) is 11.1 Å². The van der Waals surface area contributed by atoms with E-state index in [2.05, 4.69) is 6.92 Å². The Morgan fingerprint density at radius 1 is 0.658 bits per heavy atom. The van der Waals surface area contributed by atoms with Crippen molar-refractivity contribution in [2.75, 3.05) is 6.61 Å². The Morgan fingerprint density at radius 3 is 1.53 bits per heavy atom. The highest BCUT2D eigenvalue weighted by atomic mass is 32.2. The van der Waals surface area contributed by atoms with Crippen molar-refractivity contribution in [1.29, 1.82) is 0 Å². The standard InChI is InChI=1S/C29H36O7S2/c1-3-4-5-6-7-8-17-36-29-23(20-37(32,33)27-13-9-25(30)10-14-27)18-22(2)19-24(29)21-38(34,35)28-15-11-26(31)12-16-28/h9-16,18-19,30-31H,3-8,17,20-21H2,1-2H3. The largest absolute Gasteiger partial charge is 0.508 e. The molecule has 3 rings (SSSR count). The van der Waals surface area contributed by atoms with Crippen LogP contribution in [0.4, 0.5) is 0 Å². The highest BCUT2D eigenvalue weighted by molar-refractivity contribution is 7.91. The average Bonchev–Trinajstić information content (AvgIpc) is 2.85. The molecule has 3 aromatic carbocycles. The summed E-state index contributed by atoms with van der Waals surface area (Å²) in [6.07, 6.45) is 6.29. The monoisotopic (exact) mass is 560 g/mol. The molecule has 0 bridgehead atoms. The van der Waals surface area contributed by atoms with Crippen molar-refractivity contribution < 1.29 is 31.8 Å². The first-order chi connectivity index (χ1) is 18.0. The van der Waals surface area contributed by atoms with Gasteiger partial charge in [-0.3, -0.25) is 0 Å². The van der Waals surface area contributed by atoms with Crippen LogP contribution in [0.15, 0.2) is 70.5 Å². The Hall–Kier alpha value is -3.04. The summed E-state index contributed by atoms with van der Waals surface area (Å²) in [7, 11) is -7.60. The number of rotatable bonds is 14. The van der Waals surface area contributed by atoms with E-state index in [0.717, 1.165) is 32.1 Å². The van der Waals surface area contributed by atoms with Gasteiger partial charge in [-0.2, -0.15) is 0 Å². The van der Waals surface area contributed by atoms with Crippen LogP contribution in [0.5, 0.6) is 17.2 Å². The lowest BCUT2D eigenvalue weighted by molar-refractivity contribution is 0.300. The molecule has 0 aliphatic rings. The fraction of sp³-hybridized carbons (Fsp3) is 0.379. The molecule has 0 radical (unpaired) electrons. The minimum atomic E-state index is -3.80. The zero-order valence-corrected chi connectivity index (χ0v) is 23.5. The van der Waals surface area contributed by atoms with E-state index in [0.29, 0.717) is 23.3 Å². The molecule has 0 heterocycles. The molecule has 7 nitrogen and oxygen atoms in total. The fourth-order valence-electron chi connectivity index (χ4n) is 4.27. The Morgan fingerprint density at radius 2 is 1.08 bits per heavy atom. The van der Waals surface area contributed by atoms with Crippen molar-refractivity contribution >= 4 is 19.7 Å². The van der Waals surface area contributed by atoms with Crippen LogP contribution in [0.3, 0.4) is 0 Å². The zero-order chi connectivity index (χ0) is 27.8. The molecule has 3 aromatic rings. The highest BCUT2D eigenvalue weighted by Gasteiger charge is 2.24. The SMILES string of the molecule is CCCCCCCCOc1c(CS(=O)(=O)c2ccc(O)cc2)cc(C)cc1CS(=O)(=O)c1ccc(O)cc1. The maximum absolute atomic E-state index is 13.2. The maximum Gasteiger partial charge on any atom is 0.182 e. The lowest BCUT2D eigenvalue weighted by Gasteiger charge is -2.18. The second kappa shape index (κ2) is 13.2. The molecule has 0 spiro atoms. The number of phenolic OH excluding ortho intramolecular Hbond substituents is 2. The number of ether oxygens (including phenoxy) is 1. The topological polar surface area (TPSA) is 118 Å². The van der Waals surface area contributed by atoms with E-state index >= 15 is 0 Å². The van der Waals surface area contributed by atoms with Gasteiger partial charge in [0.05, 0.1) is 27.9 Å². The van der Waals surface area contributed by atoms with Gasteiger partial charge in [-0.25, -0.2) is 16.8 Å². The van der Waals surface area contributed by atoms with Crippen LogP contribution >= 0.6 is 0 Å². The van der Waals surface area contributed by atoms with Gasteiger partial charge in [0.15, 0.2) is 19.7 Å². The molecule has 9 heteroatoms. The van der Waals surface area contributed by atoms with E-state index in [4.69, 9.17) is 4.74 Å². The van der Waals surface area contributed by atoms with E-state index in [-0.39, 0.29) is 38.5 Å². The number of sulfone groups is 2. The van der Waals surface area contributed by atoms with Gasteiger partial charge in [0.25, 0.3) is 0 Å². The third-order valence-corrected chi connectivity index (χ3v) is 9.58. The molecule has 38 heavy (non-hydrogen) atoms. The van der Waals surface area contributed by atoms with Crippen LogP contribution < -0.4 is 4.74 Å². The van der Waals surface area contributed by atoms with Crippen molar-refractivity contribution in [3.63, 3.8) is 0 Å². The Balaban J connectivity index is 1.94. The van der Waals surface area contributed by atoms with Crippen LogP contribution in [0.25, 0.3) is 0 Å². The maximum atomic E-state index is 13.2. The average molecular weight is 561 g/mol. The third kappa shape index (κ3) is 8.23. The fourth-order valence-corrected chi connectivity index (χ4v) is 6.95. The Kier molecular flexibility index (Phi) is 10.2. The predicted octanol–water partition coefficient (Wildman–Crippen LogP) is 6.09.